The second-order valence-corrected chi connectivity index (χ2v) is 8.47. The van der Waals surface area contributed by atoms with E-state index in [1.54, 1.807) is 32.9 Å². The van der Waals surface area contributed by atoms with Crippen molar-refractivity contribution in [2.24, 2.45) is 0 Å². The summed E-state index contributed by atoms with van der Waals surface area (Å²) in [6.07, 6.45) is -0.783. The zero-order valence-corrected chi connectivity index (χ0v) is 18.0. The number of nitrogens with one attached hydrogen (secondary N) is 1. The molecule has 0 radical (unpaired) electrons. The highest BCUT2D eigenvalue weighted by molar-refractivity contribution is 5.97. The number of imide groups is 1. The lowest BCUT2D eigenvalue weighted by Gasteiger charge is -2.26. The molecule has 0 unspecified atom stereocenters. The van der Waals surface area contributed by atoms with Crippen LogP contribution >= 0.6 is 0 Å². The molecule has 3 rings (SSSR count). The maximum Gasteiger partial charge on any atom is 0.417 e. The van der Waals surface area contributed by atoms with Crippen molar-refractivity contribution in [3.8, 4) is 0 Å². The molecule has 1 aliphatic heterocycles. The lowest BCUT2D eigenvalue weighted by atomic mass is 9.96. The van der Waals surface area contributed by atoms with Crippen LogP contribution in [0, 0.1) is 0 Å². The van der Waals surface area contributed by atoms with E-state index in [0.717, 1.165) is 5.56 Å². The SMILES string of the molecule is CC(C)(C)OC(=O)NC[C@@H](C(=O)N1C(=O)OC[C@H]1Cc1ccccc1)c1ccccc1. The Hall–Kier alpha value is -3.35. The second kappa shape index (κ2) is 9.64. The molecule has 31 heavy (non-hydrogen) atoms. The van der Waals surface area contributed by atoms with Gasteiger partial charge in [-0.1, -0.05) is 60.7 Å². The van der Waals surface area contributed by atoms with Crippen molar-refractivity contribution in [1.29, 1.82) is 0 Å². The number of carbonyl (C=O) groups excluding carboxylic acids is 3. The summed E-state index contributed by atoms with van der Waals surface area (Å²) >= 11 is 0. The molecule has 0 aromatic heterocycles. The van der Waals surface area contributed by atoms with Crippen molar-refractivity contribution in [3.05, 3.63) is 71.8 Å². The van der Waals surface area contributed by atoms with Crippen LogP contribution in [0.1, 0.15) is 37.8 Å². The lowest BCUT2D eigenvalue weighted by molar-refractivity contribution is -0.130. The Balaban J connectivity index is 1.79. The number of benzene rings is 2. The van der Waals surface area contributed by atoms with Crippen molar-refractivity contribution in [1.82, 2.24) is 10.2 Å². The summed E-state index contributed by atoms with van der Waals surface area (Å²) in [5.41, 5.74) is 1.05. The quantitative estimate of drug-likeness (QED) is 0.761. The van der Waals surface area contributed by atoms with Gasteiger partial charge in [-0.15, -0.1) is 0 Å². The van der Waals surface area contributed by atoms with Gasteiger partial charge in [-0.05, 0) is 38.3 Å². The maximum absolute atomic E-state index is 13.5. The highest BCUT2D eigenvalue weighted by Gasteiger charge is 2.41. The molecule has 1 fully saturated rings. The molecule has 2 aromatic carbocycles. The molecule has 1 N–H and O–H groups in total. The molecule has 0 saturated carbocycles. The number of hydrogen-bond acceptors (Lipinski definition) is 5. The van der Waals surface area contributed by atoms with Gasteiger partial charge in [-0.25, -0.2) is 14.5 Å². The van der Waals surface area contributed by atoms with Gasteiger partial charge in [0.2, 0.25) is 5.91 Å². The third-order valence-corrected chi connectivity index (χ3v) is 4.86. The first kappa shape index (κ1) is 22.3. The zero-order valence-electron chi connectivity index (χ0n) is 18.0. The molecule has 2 atom stereocenters. The molecule has 0 spiro atoms. The second-order valence-electron chi connectivity index (χ2n) is 8.47. The summed E-state index contributed by atoms with van der Waals surface area (Å²) < 4.78 is 10.5. The van der Waals surface area contributed by atoms with Gasteiger partial charge in [0, 0.05) is 6.54 Å². The Morgan fingerprint density at radius 2 is 1.71 bits per heavy atom. The van der Waals surface area contributed by atoms with Gasteiger partial charge in [0.05, 0.1) is 12.0 Å². The summed E-state index contributed by atoms with van der Waals surface area (Å²) in [7, 11) is 0. The number of carbonyl (C=O) groups is 3. The molecule has 1 aliphatic rings. The number of rotatable bonds is 6. The summed E-state index contributed by atoms with van der Waals surface area (Å²) in [4.78, 5) is 39.3. The average Bonchev–Trinajstić information content (AvgIpc) is 3.08. The number of cyclic esters (lactones) is 1. The highest BCUT2D eigenvalue weighted by Crippen LogP contribution is 2.25. The van der Waals surface area contributed by atoms with Gasteiger partial charge in [-0.3, -0.25) is 4.79 Å². The van der Waals surface area contributed by atoms with Crippen molar-refractivity contribution >= 4 is 18.1 Å². The fraction of sp³-hybridized carbons (Fsp3) is 0.375. The Bertz CT molecular complexity index is 909. The molecule has 3 amide bonds. The molecule has 0 aliphatic carbocycles. The summed E-state index contributed by atoms with van der Waals surface area (Å²) in [6.45, 7) is 5.43. The summed E-state index contributed by atoms with van der Waals surface area (Å²) in [5, 5.41) is 2.66. The third kappa shape index (κ3) is 6.07. The molecular formula is C24H28N2O5. The smallest absolute Gasteiger partial charge is 0.417 e. The van der Waals surface area contributed by atoms with Crippen molar-refractivity contribution in [2.45, 2.75) is 44.8 Å². The minimum Gasteiger partial charge on any atom is -0.447 e. The Morgan fingerprint density at radius 3 is 2.32 bits per heavy atom. The Labute approximate surface area is 182 Å². The average molecular weight is 424 g/mol. The van der Waals surface area contributed by atoms with Crippen LogP contribution in [0.5, 0.6) is 0 Å². The zero-order chi connectivity index (χ0) is 22.4. The van der Waals surface area contributed by atoms with E-state index in [9.17, 15) is 14.4 Å². The first-order valence-electron chi connectivity index (χ1n) is 10.3. The molecule has 1 saturated heterocycles. The number of alkyl carbamates (subject to hydrolysis) is 1. The van der Waals surface area contributed by atoms with Crippen molar-refractivity contribution in [3.63, 3.8) is 0 Å². The highest BCUT2D eigenvalue weighted by atomic mass is 16.6. The fourth-order valence-corrected chi connectivity index (χ4v) is 3.47. The van der Waals surface area contributed by atoms with Gasteiger partial charge in [-0.2, -0.15) is 0 Å². The molecule has 1 heterocycles. The number of hydrogen-bond donors (Lipinski definition) is 1. The van der Waals surface area contributed by atoms with Gasteiger partial charge in [0.25, 0.3) is 0 Å². The van der Waals surface area contributed by atoms with Crippen LogP contribution < -0.4 is 5.32 Å². The van der Waals surface area contributed by atoms with E-state index in [1.165, 1.54) is 4.90 Å². The normalized spacial score (nSPS) is 17.1. The van der Waals surface area contributed by atoms with E-state index in [-0.39, 0.29) is 13.2 Å². The predicted molar refractivity (Wildman–Crippen MR) is 116 cm³/mol. The number of ether oxygens (including phenoxy) is 2. The third-order valence-electron chi connectivity index (χ3n) is 4.86. The minimum atomic E-state index is -0.752. The van der Waals surface area contributed by atoms with Crippen LogP contribution in [0.25, 0.3) is 0 Å². The van der Waals surface area contributed by atoms with Crippen LogP contribution in [0.4, 0.5) is 9.59 Å². The molecule has 164 valence electrons. The van der Waals surface area contributed by atoms with Crippen LogP contribution in [0.15, 0.2) is 60.7 Å². The van der Waals surface area contributed by atoms with E-state index in [1.807, 2.05) is 48.5 Å². The molecule has 7 heteroatoms. The molecule has 2 aromatic rings. The van der Waals surface area contributed by atoms with Crippen LogP contribution in [0.3, 0.4) is 0 Å². The van der Waals surface area contributed by atoms with Gasteiger partial charge < -0.3 is 14.8 Å². The molecule has 0 bridgehead atoms. The monoisotopic (exact) mass is 424 g/mol. The van der Waals surface area contributed by atoms with Crippen LogP contribution in [0.2, 0.25) is 0 Å². The topological polar surface area (TPSA) is 84.9 Å². The minimum absolute atomic E-state index is 0.000400. The summed E-state index contributed by atoms with van der Waals surface area (Å²) in [6, 6.07) is 18.3. The predicted octanol–water partition coefficient (Wildman–Crippen LogP) is 3.89. The van der Waals surface area contributed by atoms with E-state index < -0.39 is 35.7 Å². The standard InChI is InChI=1S/C24H28N2O5/c1-24(2,3)31-22(28)25-15-20(18-12-8-5-9-13-18)21(27)26-19(16-30-23(26)29)14-17-10-6-4-7-11-17/h4-13,19-20H,14-16H2,1-3H3,(H,25,28)/t19-,20-/m1/s1. The van der Waals surface area contributed by atoms with Gasteiger partial charge >= 0.3 is 12.2 Å². The summed E-state index contributed by atoms with van der Waals surface area (Å²) in [5.74, 6) is -1.16. The Kier molecular flexibility index (Phi) is 6.95. The van der Waals surface area contributed by atoms with Crippen LogP contribution in [-0.2, 0) is 20.7 Å². The van der Waals surface area contributed by atoms with E-state index >= 15 is 0 Å². The van der Waals surface area contributed by atoms with Gasteiger partial charge in [0.15, 0.2) is 0 Å². The van der Waals surface area contributed by atoms with E-state index in [2.05, 4.69) is 5.32 Å². The van der Waals surface area contributed by atoms with Crippen LogP contribution in [-0.4, -0.2) is 47.8 Å². The first-order chi connectivity index (χ1) is 14.7. The lowest BCUT2D eigenvalue weighted by Crippen LogP contribution is -2.46. The van der Waals surface area contributed by atoms with Gasteiger partial charge in [0.1, 0.15) is 12.2 Å². The first-order valence-corrected chi connectivity index (χ1v) is 10.3. The maximum atomic E-state index is 13.5. The number of amides is 3. The largest absolute Gasteiger partial charge is 0.447 e. The van der Waals surface area contributed by atoms with Crippen molar-refractivity contribution in [2.75, 3.05) is 13.2 Å². The van der Waals surface area contributed by atoms with Crippen molar-refractivity contribution < 1.29 is 23.9 Å². The Morgan fingerprint density at radius 1 is 1.10 bits per heavy atom. The molecule has 7 nitrogen and oxygen atoms in total. The molecular weight excluding hydrogens is 396 g/mol. The number of nitrogens with zero attached hydrogens (tertiary/aromatic N) is 1. The van der Waals surface area contributed by atoms with E-state index in [0.29, 0.717) is 12.0 Å². The fourth-order valence-electron chi connectivity index (χ4n) is 3.47. The van der Waals surface area contributed by atoms with E-state index in [4.69, 9.17) is 9.47 Å².